The van der Waals surface area contributed by atoms with E-state index in [0.29, 0.717) is 22.8 Å². The summed E-state index contributed by atoms with van der Waals surface area (Å²) in [6.45, 7) is 0. The molecule has 0 spiro atoms. The van der Waals surface area contributed by atoms with Gasteiger partial charge < -0.3 is 15.8 Å². The van der Waals surface area contributed by atoms with E-state index in [9.17, 15) is 4.79 Å². The monoisotopic (exact) mass is 246 g/mol. The number of nitrogens with two attached hydrogens (primary N) is 1. The van der Waals surface area contributed by atoms with Crippen LogP contribution in [0.25, 0.3) is 0 Å². The van der Waals surface area contributed by atoms with Crippen molar-refractivity contribution in [1.82, 2.24) is 9.78 Å². The van der Waals surface area contributed by atoms with Gasteiger partial charge in [-0.05, 0) is 18.2 Å². The number of aromatic nitrogens is 2. The Balaban J connectivity index is 2.29. The molecule has 1 amide bonds. The van der Waals surface area contributed by atoms with Gasteiger partial charge in [0, 0.05) is 18.8 Å². The van der Waals surface area contributed by atoms with Gasteiger partial charge >= 0.3 is 0 Å². The molecule has 0 saturated heterocycles. The number of nitrogens with zero attached hydrogens (tertiary/aromatic N) is 2. The van der Waals surface area contributed by atoms with Gasteiger partial charge in [-0.1, -0.05) is 0 Å². The van der Waals surface area contributed by atoms with Crippen molar-refractivity contribution in [2.24, 2.45) is 7.05 Å². The minimum atomic E-state index is -0.289. The van der Waals surface area contributed by atoms with Gasteiger partial charge in [0.15, 0.2) is 0 Å². The van der Waals surface area contributed by atoms with Crippen LogP contribution in [0.3, 0.4) is 0 Å². The lowest BCUT2D eigenvalue weighted by molar-refractivity contribution is 0.102. The minimum absolute atomic E-state index is 0.289. The second-order valence-corrected chi connectivity index (χ2v) is 3.75. The van der Waals surface area contributed by atoms with Crippen LogP contribution in [-0.4, -0.2) is 22.8 Å². The molecule has 0 aliphatic rings. The molecule has 18 heavy (non-hydrogen) atoms. The first-order valence-corrected chi connectivity index (χ1v) is 5.34. The van der Waals surface area contributed by atoms with E-state index >= 15 is 0 Å². The second-order valence-electron chi connectivity index (χ2n) is 3.75. The van der Waals surface area contributed by atoms with Crippen molar-refractivity contribution in [2.45, 2.75) is 0 Å². The highest BCUT2D eigenvalue weighted by Crippen LogP contribution is 2.22. The van der Waals surface area contributed by atoms with E-state index in [0.717, 1.165) is 0 Å². The van der Waals surface area contributed by atoms with Crippen LogP contribution in [-0.2, 0) is 7.05 Å². The Morgan fingerprint density at radius 2 is 2.22 bits per heavy atom. The van der Waals surface area contributed by atoms with Crippen LogP contribution in [0.5, 0.6) is 5.75 Å². The number of hydrogen-bond acceptors (Lipinski definition) is 4. The molecule has 0 fully saturated rings. The molecular formula is C12H14N4O2. The van der Waals surface area contributed by atoms with Crippen LogP contribution >= 0.6 is 0 Å². The molecule has 0 atom stereocenters. The molecule has 0 unspecified atom stereocenters. The Morgan fingerprint density at radius 1 is 1.44 bits per heavy atom. The largest absolute Gasteiger partial charge is 0.496 e. The molecule has 0 aliphatic carbocycles. The molecule has 0 radical (unpaired) electrons. The predicted molar refractivity (Wildman–Crippen MR) is 68.6 cm³/mol. The van der Waals surface area contributed by atoms with Gasteiger partial charge in [-0.3, -0.25) is 9.48 Å². The number of rotatable bonds is 3. The van der Waals surface area contributed by atoms with Crippen LogP contribution in [0.1, 0.15) is 10.4 Å². The molecule has 6 heteroatoms. The minimum Gasteiger partial charge on any atom is -0.496 e. The van der Waals surface area contributed by atoms with Crippen LogP contribution in [0.15, 0.2) is 30.5 Å². The fourth-order valence-corrected chi connectivity index (χ4v) is 1.58. The normalized spacial score (nSPS) is 10.1. The summed E-state index contributed by atoms with van der Waals surface area (Å²) in [5.41, 5.74) is 6.56. The number of benzene rings is 1. The summed E-state index contributed by atoms with van der Waals surface area (Å²) in [6, 6.07) is 6.62. The predicted octanol–water partition coefficient (Wildman–Crippen LogP) is 1.26. The summed E-state index contributed by atoms with van der Waals surface area (Å²) < 4.78 is 6.70. The average Bonchev–Trinajstić information content (AvgIpc) is 2.75. The average molecular weight is 246 g/mol. The standard InChI is InChI=1S/C12H14N4O2/c1-16-11(5-6-14-16)15-12(17)9-7-8(13)3-4-10(9)18-2/h3-7H,13H2,1-2H3,(H,15,17). The zero-order valence-corrected chi connectivity index (χ0v) is 10.2. The lowest BCUT2D eigenvalue weighted by Crippen LogP contribution is -2.15. The number of ether oxygens (including phenoxy) is 1. The molecule has 6 nitrogen and oxygen atoms in total. The summed E-state index contributed by atoms with van der Waals surface area (Å²) in [4.78, 5) is 12.1. The zero-order chi connectivity index (χ0) is 13.1. The fraction of sp³-hybridized carbons (Fsp3) is 0.167. The SMILES string of the molecule is COc1ccc(N)cc1C(=O)Nc1ccnn1C. The number of methoxy groups -OCH3 is 1. The number of aryl methyl sites for hydroxylation is 1. The summed E-state index contributed by atoms with van der Waals surface area (Å²) >= 11 is 0. The summed E-state index contributed by atoms with van der Waals surface area (Å²) in [5.74, 6) is 0.788. The van der Waals surface area contributed by atoms with Crippen LogP contribution in [0.4, 0.5) is 11.5 Å². The smallest absolute Gasteiger partial charge is 0.260 e. The molecule has 2 aromatic rings. The number of carbonyl (C=O) groups excluding carboxylic acids is 1. The molecule has 0 saturated carbocycles. The molecule has 0 aliphatic heterocycles. The van der Waals surface area contributed by atoms with E-state index in [4.69, 9.17) is 10.5 Å². The number of carbonyl (C=O) groups is 1. The lowest BCUT2D eigenvalue weighted by Gasteiger charge is -2.10. The van der Waals surface area contributed by atoms with Crippen molar-refractivity contribution < 1.29 is 9.53 Å². The lowest BCUT2D eigenvalue weighted by atomic mass is 10.1. The van der Waals surface area contributed by atoms with Gasteiger partial charge in [0.1, 0.15) is 11.6 Å². The maximum atomic E-state index is 12.1. The van der Waals surface area contributed by atoms with Gasteiger partial charge in [-0.2, -0.15) is 5.10 Å². The molecular weight excluding hydrogens is 232 g/mol. The van der Waals surface area contributed by atoms with Crippen LogP contribution < -0.4 is 15.8 Å². The summed E-state index contributed by atoms with van der Waals surface area (Å²) in [5, 5.41) is 6.70. The Morgan fingerprint density at radius 3 is 2.83 bits per heavy atom. The van der Waals surface area contributed by atoms with Gasteiger partial charge in [0.25, 0.3) is 5.91 Å². The van der Waals surface area contributed by atoms with Gasteiger partial charge in [-0.25, -0.2) is 0 Å². The molecule has 94 valence electrons. The van der Waals surface area contributed by atoms with E-state index in [2.05, 4.69) is 10.4 Å². The number of amides is 1. The van der Waals surface area contributed by atoms with E-state index in [1.54, 1.807) is 42.2 Å². The van der Waals surface area contributed by atoms with Gasteiger partial charge in [-0.15, -0.1) is 0 Å². The second kappa shape index (κ2) is 4.79. The number of nitrogens with one attached hydrogen (secondary N) is 1. The molecule has 1 aromatic heterocycles. The highest BCUT2D eigenvalue weighted by molar-refractivity contribution is 6.06. The zero-order valence-electron chi connectivity index (χ0n) is 10.2. The van der Waals surface area contributed by atoms with E-state index in [-0.39, 0.29) is 5.91 Å². The van der Waals surface area contributed by atoms with Gasteiger partial charge in [0.05, 0.1) is 18.9 Å². The number of nitrogen functional groups attached to an aromatic ring is 1. The third-order valence-electron chi connectivity index (χ3n) is 2.53. The maximum absolute atomic E-state index is 12.1. The Bertz CT molecular complexity index is 577. The highest BCUT2D eigenvalue weighted by Gasteiger charge is 2.14. The summed E-state index contributed by atoms with van der Waals surface area (Å²) in [6.07, 6.45) is 1.60. The van der Waals surface area contributed by atoms with Crippen molar-refractivity contribution in [3.63, 3.8) is 0 Å². The van der Waals surface area contributed by atoms with E-state index < -0.39 is 0 Å². The Hall–Kier alpha value is -2.50. The molecule has 2 rings (SSSR count). The van der Waals surface area contributed by atoms with Crippen molar-refractivity contribution in [1.29, 1.82) is 0 Å². The fourth-order valence-electron chi connectivity index (χ4n) is 1.58. The third-order valence-corrected chi connectivity index (χ3v) is 2.53. The van der Waals surface area contributed by atoms with Gasteiger partial charge in [0.2, 0.25) is 0 Å². The Labute approximate surface area is 104 Å². The first-order chi connectivity index (χ1) is 8.61. The van der Waals surface area contributed by atoms with E-state index in [1.807, 2.05) is 0 Å². The van der Waals surface area contributed by atoms with Crippen molar-refractivity contribution >= 4 is 17.4 Å². The maximum Gasteiger partial charge on any atom is 0.260 e. The van der Waals surface area contributed by atoms with Crippen molar-refractivity contribution in [3.8, 4) is 5.75 Å². The topological polar surface area (TPSA) is 82.2 Å². The highest BCUT2D eigenvalue weighted by atomic mass is 16.5. The first-order valence-electron chi connectivity index (χ1n) is 5.34. The van der Waals surface area contributed by atoms with Crippen LogP contribution in [0, 0.1) is 0 Å². The van der Waals surface area contributed by atoms with Crippen molar-refractivity contribution in [2.75, 3.05) is 18.2 Å². The quantitative estimate of drug-likeness (QED) is 0.799. The number of anilines is 2. The Kier molecular flexibility index (Phi) is 3.18. The number of hydrogen-bond donors (Lipinski definition) is 2. The van der Waals surface area contributed by atoms with Crippen LogP contribution in [0.2, 0.25) is 0 Å². The molecule has 1 aromatic carbocycles. The third kappa shape index (κ3) is 2.27. The van der Waals surface area contributed by atoms with Crippen molar-refractivity contribution in [3.05, 3.63) is 36.0 Å². The molecule has 3 N–H and O–H groups in total. The van der Waals surface area contributed by atoms with E-state index in [1.165, 1.54) is 7.11 Å². The molecule has 1 heterocycles. The molecule has 0 bridgehead atoms. The summed E-state index contributed by atoms with van der Waals surface area (Å²) in [7, 11) is 3.25. The first kappa shape index (κ1) is 12.0.